The molecular formula is C29H32N4O4. The summed E-state index contributed by atoms with van der Waals surface area (Å²) in [5.74, 6) is 1.39. The Morgan fingerprint density at radius 2 is 2.03 bits per heavy atom. The minimum absolute atomic E-state index is 0.0679. The highest BCUT2D eigenvalue weighted by Crippen LogP contribution is 2.48. The van der Waals surface area contributed by atoms with Crippen LogP contribution >= 0.6 is 0 Å². The fourth-order valence-electron chi connectivity index (χ4n) is 5.39. The van der Waals surface area contributed by atoms with E-state index in [1.54, 1.807) is 18.2 Å². The average Bonchev–Trinajstić information content (AvgIpc) is 3.57. The first kappa shape index (κ1) is 24.8. The molecule has 1 aliphatic heterocycles. The number of rotatable bonds is 4. The number of ether oxygens (including phenoxy) is 2. The van der Waals surface area contributed by atoms with Crippen LogP contribution in [0.4, 0.5) is 4.79 Å². The summed E-state index contributed by atoms with van der Waals surface area (Å²) in [4.78, 5) is 19.2. The smallest absolute Gasteiger partial charge is 0.410 e. The molecule has 8 heteroatoms. The van der Waals surface area contributed by atoms with Crippen LogP contribution in [0, 0.1) is 11.3 Å². The predicted octanol–water partition coefficient (Wildman–Crippen LogP) is 5.89. The molecule has 0 saturated carbocycles. The van der Waals surface area contributed by atoms with Crippen LogP contribution in [-0.4, -0.2) is 45.9 Å². The number of likely N-dealkylation sites (tertiary alicyclic amines) is 1. The van der Waals surface area contributed by atoms with Crippen molar-refractivity contribution < 1.29 is 18.8 Å². The van der Waals surface area contributed by atoms with E-state index in [0.717, 1.165) is 24.8 Å². The molecular weight excluding hydrogens is 468 g/mol. The van der Waals surface area contributed by atoms with Gasteiger partial charge in [-0.1, -0.05) is 23.4 Å². The van der Waals surface area contributed by atoms with Gasteiger partial charge in [0.15, 0.2) is 0 Å². The van der Waals surface area contributed by atoms with Gasteiger partial charge in [0.2, 0.25) is 5.82 Å². The summed E-state index contributed by atoms with van der Waals surface area (Å²) in [5.41, 5.74) is 3.98. The van der Waals surface area contributed by atoms with E-state index >= 15 is 0 Å². The molecule has 1 atom stereocenters. The highest BCUT2D eigenvalue weighted by Gasteiger charge is 2.47. The maximum absolute atomic E-state index is 12.7. The standard InChI is InChI=1S/C29H32N4O4/c1-18(2)35-24-15-19(9-10-20(24)16-30)26-31-25(32-37-26)22-7-6-8-23-21(22)11-12-29(23)13-14-33(17-29)27(34)36-28(3,4)5/h6-10,15,18H,11-14,17H2,1-5H3. The van der Waals surface area contributed by atoms with Gasteiger partial charge in [0, 0.05) is 29.6 Å². The van der Waals surface area contributed by atoms with Crippen LogP contribution < -0.4 is 4.74 Å². The van der Waals surface area contributed by atoms with Crippen molar-refractivity contribution in [3.8, 4) is 34.7 Å². The highest BCUT2D eigenvalue weighted by atomic mass is 16.6. The average molecular weight is 501 g/mol. The summed E-state index contributed by atoms with van der Waals surface area (Å²) < 4.78 is 17.1. The Labute approximate surface area is 217 Å². The van der Waals surface area contributed by atoms with Gasteiger partial charge < -0.3 is 18.9 Å². The van der Waals surface area contributed by atoms with Gasteiger partial charge in [-0.25, -0.2) is 4.79 Å². The Balaban J connectivity index is 1.42. The normalized spacial score (nSPS) is 18.8. The molecule has 0 N–H and O–H groups in total. The first-order valence-corrected chi connectivity index (χ1v) is 12.7. The topological polar surface area (TPSA) is 101 Å². The number of nitriles is 1. The maximum Gasteiger partial charge on any atom is 0.410 e. The summed E-state index contributed by atoms with van der Waals surface area (Å²) in [6, 6.07) is 13.6. The first-order chi connectivity index (χ1) is 17.6. The molecule has 2 aliphatic rings. The molecule has 1 amide bonds. The minimum atomic E-state index is -0.513. The van der Waals surface area contributed by atoms with E-state index in [9.17, 15) is 10.1 Å². The summed E-state index contributed by atoms with van der Waals surface area (Å²) in [7, 11) is 0. The Kier molecular flexibility index (Phi) is 6.18. The molecule has 5 rings (SSSR count). The van der Waals surface area contributed by atoms with Crippen molar-refractivity contribution >= 4 is 6.09 Å². The Bertz CT molecular complexity index is 1380. The number of hydrogen-bond donors (Lipinski definition) is 0. The summed E-state index contributed by atoms with van der Waals surface area (Å²) in [6.45, 7) is 10.8. The molecule has 1 saturated heterocycles. The van der Waals surface area contributed by atoms with Gasteiger partial charge in [-0.15, -0.1) is 0 Å². The first-order valence-electron chi connectivity index (χ1n) is 12.7. The van der Waals surface area contributed by atoms with Crippen molar-refractivity contribution in [3.63, 3.8) is 0 Å². The predicted molar refractivity (Wildman–Crippen MR) is 138 cm³/mol. The monoisotopic (exact) mass is 500 g/mol. The zero-order valence-electron chi connectivity index (χ0n) is 22.0. The lowest BCUT2D eigenvalue weighted by molar-refractivity contribution is 0.0284. The van der Waals surface area contributed by atoms with E-state index in [4.69, 9.17) is 19.0 Å². The van der Waals surface area contributed by atoms with E-state index < -0.39 is 5.60 Å². The number of hydrogen-bond acceptors (Lipinski definition) is 7. The summed E-state index contributed by atoms with van der Waals surface area (Å²) in [5, 5.41) is 13.7. The lowest BCUT2D eigenvalue weighted by atomic mass is 9.81. The third-order valence-corrected chi connectivity index (χ3v) is 6.99. The highest BCUT2D eigenvalue weighted by molar-refractivity contribution is 5.71. The second-order valence-electron chi connectivity index (χ2n) is 11.2. The lowest BCUT2D eigenvalue weighted by Crippen LogP contribution is -2.37. The van der Waals surface area contributed by atoms with Crippen LogP contribution in [0.25, 0.3) is 22.8 Å². The van der Waals surface area contributed by atoms with Crippen LogP contribution in [0.1, 0.15) is 64.2 Å². The number of aromatic nitrogens is 2. The molecule has 1 spiro atoms. The fraction of sp³-hybridized carbons (Fsp3) is 0.448. The van der Waals surface area contributed by atoms with E-state index in [-0.39, 0.29) is 17.6 Å². The quantitative estimate of drug-likeness (QED) is 0.440. The van der Waals surface area contributed by atoms with Crippen LogP contribution in [0.2, 0.25) is 0 Å². The number of benzene rings is 2. The molecule has 2 aromatic carbocycles. The second kappa shape index (κ2) is 9.22. The third-order valence-electron chi connectivity index (χ3n) is 6.99. The third kappa shape index (κ3) is 4.78. The number of carbonyl (C=O) groups excluding carboxylic acids is 1. The largest absolute Gasteiger partial charge is 0.490 e. The maximum atomic E-state index is 12.7. The van der Waals surface area contributed by atoms with Gasteiger partial charge in [0.05, 0.1) is 11.7 Å². The molecule has 3 aromatic rings. The van der Waals surface area contributed by atoms with Crippen molar-refractivity contribution in [3.05, 3.63) is 53.1 Å². The van der Waals surface area contributed by atoms with Gasteiger partial charge in [-0.3, -0.25) is 0 Å². The van der Waals surface area contributed by atoms with Crippen LogP contribution in [0.3, 0.4) is 0 Å². The molecule has 1 fully saturated rings. The fourth-order valence-corrected chi connectivity index (χ4v) is 5.39. The number of nitrogens with zero attached hydrogens (tertiary/aromatic N) is 4. The van der Waals surface area contributed by atoms with Crippen LogP contribution in [0.5, 0.6) is 5.75 Å². The zero-order valence-corrected chi connectivity index (χ0v) is 22.0. The number of carbonyl (C=O) groups is 1. The minimum Gasteiger partial charge on any atom is -0.490 e. The van der Waals surface area contributed by atoms with Crippen molar-refractivity contribution in [1.29, 1.82) is 5.26 Å². The Hall–Kier alpha value is -3.86. The number of fused-ring (bicyclic) bond motifs is 2. The van der Waals surface area contributed by atoms with Gasteiger partial charge in [0.1, 0.15) is 17.4 Å². The number of amides is 1. The van der Waals surface area contributed by atoms with Gasteiger partial charge in [0.25, 0.3) is 5.89 Å². The molecule has 0 radical (unpaired) electrons. The molecule has 192 valence electrons. The zero-order chi connectivity index (χ0) is 26.4. The van der Waals surface area contributed by atoms with Crippen LogP contribution in [0.15, 0.2) is 40.9 Å². The van der Waals surface area contributed by atoms with Gasteiger partial charge in [-0.2, -0.15) is 10.2 Å². The molecule has 1 unspecified atom stereocenters. The second-order valence-corrected chi connectivity index (χ2v) is 11.2. The van der Waals surface area contributed by atoms with Crippen molar-refractivity contribution in [2.75, 3.05) is 13.1 Å². The van der Waals surface area contributed by atoms with E-state index in [1.165, 1.54) is 11.1 Å². The molecule has 37 heavy (non-hydrogen) atoms. The lowest BCUT2D eigenvalue weighted by Gasteiger charge is -2.27. The molecule has 1 aliphatic carbocycles. The van der Waals surface area contributed by atoms with Crippen molar-refractivity contribution in [2.24, 2.45) is 0 Å². The molecule has 1 aromatic heterocycles. The summed E-state index contributed by atoms with van der Waals surface area (Å²) >= 11 is 0. The Morgan fingerprint density at radius 1 is 1.22 bits per heavy atom. The van der Waals surface area contributed by atoms with Crippen molar-refractivity contribution in [1.82, 2.24) is 15.0 Å². The van der Waals surface area contributed by atoms with E-state index in [1.807, 2.05) is 51.7 Å². The Morgan fingerprint density at radius 3 is 2.76 bits per heavy atom. The van der Waals surface area contributed by atoms with E-state index in [2.05, 4.69) is 17.3 Å². The van der Waals surface area contributed by atoms with Gasteiger partial charge in [-0.05, 0) is 83.2 Å². The summed E-state index contributed by atoms with van der Waals surface area (Å²) in [6.07, 6.45) is 2.45. The van der Waals surface area contributed by atoms with Gasteiger partial charge >= 0.3 is 6.09 Å². The van der Waals surface area contributed by atoms with Crippen LogP contribution in [-0.2, 0) is 16.6 Å². The van der Waals surface area contributed by atoms with E-state index in [0.29, 0.717) is 41.7 Å². The molecule has 2 heterocycles. The molecule has 0 bridgehead atoms. The van der Waals surface area contributed by atoms with Crippen molar-refractivity contribution in [2.45, 2.75) is 71.0 Å². The SMILES string of the molecule is CC(C)Oc1cc(-c2nc(-c3cccc4c3CCC43CCN(C(=O)OC(C)(C)C)C3)no2)ccc1C#N. The molecule has 8 nitrogen and oxygen atoms in total.